The highest BCUT2D eigenvalue weighted by Crippen LogP contribution is 2.27. The van der Waals surface area contributed by atoms with E-state index < -0.39 is 17.9 Å². The van der Waals surface area contributed by atoms with Gasteiger partial charge in [-0.3, -0.25) is 4.79 Å². The predicted molar refractivity (Wildman–Crippen MR) is 162 cm³/mol. The first-order chi connectivity index (χ1) is 19.8. The summed E-state index contributed by atoms with van der Waals surface area (Å²) in [5.74, 6) is -0.137. The van der Waals surface area contributed by atoms with Crippen LogP contribution in [0.1, 0.15) is 34.5 Å². The second kappa shape index (κ2) is 13.1. The van der Waals surface area contributed by atoms with Crippen LogP contribution in [0.5, 0.6) is 0 Å². The lowest BCUT2D eigenvalue weighted by atomic mass is 9.90. The Morgan fingerprint density at radius 2 is 1.51 bits per heavy atom. The first kappa shape index (κ1) is 28.6. The third kappa shape index (κ3) is 7.63. The number of nitrogens with one attached hydrogen (secondary N) is 1. The van der Waals surface area contributed by atoms with Crippen LogP contribution in [0.2, 0.25) is 10.0 Å². The highest BCUT2D eigenvalue weighted by atomic mass is 35.5. The van der Waals surface area contributed by atoms with Crippen LogP contribution in [0, 0.1) is 5.92 Å². The molecule has 1 aliphatic rings. The normalized spacial score (nSPS) is 14.4. The van der Waals surface area contributed by atoms with E-state index in [-0.39, 0.29) is 12.1 Å². The number of nitrogens with zero attached hydrogens (tertiary/aromatic N) is 3. The number of benzene rings is 3. The maximum atomic E-state index is 13.4. The van der Waals surface area contributed by atoms with Crippen molar-refractivity contribution in [3.63, 3.8) is 0 Å². The number of aliphatic carboxylic acids is 1. The van der Waals surface area contributed by atoms with E-state index >= 15 is 0 Å². The third-order valence-corrected chi connectivity index (χ3v) is 7.81. The molecule has 1 aromatic heterocycles. The van der Waals surface area contributed by atoms with Crippen LogP contribution in [-0.2, 0) is 17.6 Å². The molecule has 7 nitrogen and oxygen atoms in total. The summed E-state index contributed by atoms with van der Waals surface area (Å²) in [6.07, 6.45) is 3.14. The largest absolute Gasteiger partial charge is 0.480 e. The van der Waals surface area contributed by atoms with Crippen LogP contribution in [0.25, 0.3) is 11.4 Å². The molecule has 1 fully saturated rings. The molecule has 0 saturated carbocycles. The molecule has 0 spiro atoms. The fraction of sp³-hybridized carbons (Fsp3) is 0.250. The smallest absolute Gasteiger partial charge is 0.326 e. The average Bonchev–Trinajstić information content (AvgIpc) is 2.99. The van der Waals surface area contributed by atoms with Crippen molar-refractivity contribution in [1.82, 2.24) is 15.3 Å². The van der Waals surface area contributed by atoms with Gasteiger partial charge in [0.05, 0.1) is 0 Å². The van der Waals surface area contributed by atoms with Crippen molar-refractivity contribution in [3.05, 3.63) is 112 Å². The number of carbonyl (C=O) groups is 2. The van der Waals surface area contributed by atoms with Crippen molar-refractivity contribution in [2.75, 3.05) is 18.0 Å². The van der Waals surface area contributed by atoms with E-state index in [2.05, 4.69) is 39.5 Å². The zero-order valence-corrected chi connectivity index (χ0v) is 23.9. The van der Waals surface area contributed by atoms with Crippen molar-refractivity contribution >= 4 is 40.9 Å². The number of carboxylic acids is 1. The van der Waals surface area contributed by atoms with Crippen LogP contribution < -0.4 is 10.2 Å². The lowest BCUT2D eigenvalue weighted by Gasteiger charge is -2.33. The summed E-state index contributed by atoms with van der Waals surface area (Å²) in [5.41, 5.74) is 2.89. The van der Waals surface area contributed by atoms with Gasteiger partial charge in [-0.15, -0.1) is 0 Å². The number of piperidine rings is 1. The molecule has 0 radical (unpaired) electrons. The fourth-order valence-corrected chi connectivity index (χ4v) is 5.29. The maximum Gasteiger partial charge on any atom is 0.326 e. The lowest BCUT2D eigenvalue weighted by Crippen LogP contribution is -2.42. The number of carboxylic acid groups (broad SMARTS) is 1. The molecule has 4 aromatic rings. The van der Waals surface area contributed by atoms with E-state index in [1.807, 2.05) is 6.07 Å². The Morgan fingerprint density at radius 3 is 2.15 bits per heavy atom. The standard InChI is InChI=1S/C32H30Cl2N4O3/c33-25-10-6-22(7-11-25)19-28(32(40)41)36-31(39)27-20-29(37-30(35-27)24-8-12-26(34)13-9-24)38-16-14-23(15-17-38)18-21-4-2-1-3-5-21/h1-13,20,23,28H,14-19H2,(H,36,39)(H,40,41). The van der Waals surface area contributed by atoms with E-state index in [1.54, 1.807) is 54.6 Å². The Hall–Kier alpha value is -3.94. The van der Waals surface area contributed by atoms with E-state index in [0.717, 1.165) is 37.9 Å². The molecule has 2 heterocycles. The van der Waals surface area contributed by atoms with Gasteiger partial charge >= 0.3 is 5.97 Å². The summed E-state index contributed by atoms with van der Waals surface area (Å²) < 4.78 is 0. The molecule has 9 heteroatoms. The first-order valence-electron chi connectivity index (χ1n) is 13.6. The van der Waals surface area contributed by atoms with Gasteiger partial charge in [-0.05, 0) is 72.7 Å². The number of rotatable bonds is 9. The van der Waals surface area contributed by atoms with Gasteiger partial charge in [0.15, 0.2) is 5.82 Å². The highest BCUT2D eigenvalue weighted by Gasteiger charge is 2.25. The number of hydrogen-bond acceptors (Lipinski definition) is 5. The van der Waals surface area contributed by atoms with E-state index in [4.69, 9.17) is 28.2 Å². The van der Waals surface area contributed by atoms with Crippen LogP contribution in [-0.4, -0.2) is 46.1 Å². The van der Waals surface area contributed by atoms with Gasteiger partial charge in [0.2, 0.25) is 0 Å². The molecule has 1 saturated heterocycles. The van der Waals surface area contributed by atoms with E-state index in [0.29, 0.717) is 33.2 Å². The molecule has 0 bridgehead atoms. The number of halogens is 2. The fourth-order valence-electron chi connectivity index (χ4n) is 5.04. The zero-order chi connectivity index (χ0) is 28.8. The Bertz CT molecular complexity index is 1490. The summed E-state index contributed by atoms with van der Waals surface area (Å²) in [6, 6.07) is 25.0. The molecule has 1 aliphatic heterocycles. The SMILES string of the molecule is O=C(NC(Cc1ccc(Cl)cc1)C(=O)O)c1cc(N2CCC(Cc3ccccc3)CC2)nc(-c2ccc(Cl)cc2)n1. The quantitative estimate of drug-likeness (QED) is 0.237. The minimum absolute atomic E-state index is 0.105. The van der Waals surface area contributed by atoms with Crippen molar-refractivity contribution < 1.29 is 14.7 Å². The molecule has 1 atom stereocenters. The molecule has 41 heavy (non-hydrogen) atoms. The molecule has 0 aliphatic carbocycles. The molecular weight excluding hydrogens is 559 g/mol. The number of hydrogen-bond donors (Lipinski definition) is 2. The molecule has 210 valence electrons. The summed E-state index contributed by atoms with van der Waals surface area (Å²) in [5, 5.41) is 13.6. The highest BCUT2D eigenvalue weighted by molar-refractivity contribution is 6.30. The summed E-state index contributed by atoms with van der Waals surface area (Å²) in [7, 11) is 0. The van der Waals surface area contributed by atoms with Gasteiger partial charge < -0.3 is 15.3 Å². The third-order valence-electron chi connectivity index (χ3n) is 7.31. The molecule has 1 unspecified atom stereocenters. The minimum atomic E-state index is -1.14. The number of carbonyl (C=O) groups excluding carboxylic acids is 1. The second-order valence-electron chi connectivity index (χ2n) is 10.3. The Kier molecular flexibility index (Phi) is 9.17. The number of amides is 1. The molecular formula is C32H30Cl2N4O3. The van der Waals surface area contributed by atoms with E-state index in [9.17, 15) is 14.7 Å². The van der Waals surface area contributed by atoms with Crippen molar-refractivity contribution in [2.24, 2.45) is 5.92 Å². The minimum Gasteiger partial charge on any atom is -0.480 e. The Labute approximate surface area is 249 Å². The maximum absolute atomic E-state index is 13.4. The van der Waals surface area contributed by atoms with Gasteiger partial charge in [-0.2, -0.15) is 0 Å². The zero-order valence-electron chi connectivity index (χ0n) is 22.3. The molecule has 5 rings (SSSR count). The summed E-state index contributed by atoms with van der Waals surface area (Å²) in [6.45, 7) is 1.59. The van der Waals surface area contributed by atoms with Crippen molar-refractivity contribution in [3.8, 4) is 11.4 Å². The van der Waals surface area contributed by atoms with Gasteiger partial charge in [-0.1, -0.05) is 65.7 Å². The number of aromatic nitrogens is 2. The van der Waals surface area contributed by atoms with Gasteiger partial charge in [-0.25, -0.2) is 14.8 Å². The molecule has 3 aromatic carbocycles. The summed E-state index contributed by atoms with van der Waals surface area (Å²) in [4.78, 5) is 36.9. The Morgan fingerprint density at radius 1 is 0.878 bits per heavy atom. The van der Waals surface area contributed by atoms with E-state index in [1.165, 1.54) is 5.56 Å². The molecule has 2 N–H and O–H groups in total. The summed E-state index contributed by atoms with van der Waals surface area (Å²) >= 11 is 12.1. The van der Waals surface area contributed by atoms with Crippen molar-refractivity contribution in [1.29, 1.82) is 0 Å². The topological polar surface area (TPSA) is 95.4 Å². The first-order valence-corrected chi connectivity index (χ1v) is 14.3. The van der Waals surface area contributed by atoms with Gasteiger partial charge in [0.25, 0.3) is 5.91 Å². The monoisotopic (exact) mass is 588 g/mol. The van der Waals surface area contributed by atoms with Crippen LogP contribution in [0.3, 0.4) is 0 Å². The number of anilines is 1. The van der Waals surface area contributed by atoms with Crippen LogP contribution >= 0.6 is 23.2 Å². The van der Waals surface area contributed by atoms with Crippen LogP contribution in [0.4, 0.5) is 5.82 Å². The average molecular weight is 590 g/mol. The second-order valence-corrected chi connectivity index (χ2v) is 11.1. The molecule has 1 amide bonds. The Balaban J connectivity index is 1.37. The predicted octanol–water partition coefficient (Wildman–Crippen LogP) is 6.34. The van der Waals surface area contributed by atoms with Crippen molar-refractivity contribution in [2.45, 2.75) is 31.7 Å². The lowest BCUT2D eigenvalue weighted by molar-refractivity contribution is -0.139. The van der Waals surface area contributed by atoms with Gasteiger partial charge in [0, 0.05) is 41.2 Å². The van der Waals surface area contributed by atoms with Gasteiger partial charge in [0.1, 0.15) is 17.6 Å². The van der Waals surface area contributed by atoms with Crippen LogP contribution in [0.15, 0.2) is 84.9 Å².